The number of anilines is 1. The molecule has 0 spiro atoms. The minimum atomic E-state index is -0.568. The van der Waals surface area contributed by atoms with Gasteiger partial charge in [0.25, 0.3) is 0 Å². The number of pyridine rings is 1. The fourth-order valence-corrected chi connectivity index (χ4v) is 3.75. The molecule has 1 N–H and O–H groups in total. The largest absolute Gasteiger partial charge is 0.442 e. The first-order valence-electron chi connectivity index (χ1n) is 10.4. The number of nitrogens with zero attached hydrogens (tertiary/aromatic N) is 4. The zero-order valence-corrected chi connectivity index (χ0v) is 17.7. The summed E-state index contributed by atoms with van der Waals surface area (Å²) in [5, 5.41) is 7.07. The minimum absolute atomic E-state index is 0.206. The van der Waals surface area contributed by atoms with Gasteiger partial charge in [-0.2, -0.15) is 0 Å². The summed E-state index contributed by atoms with van der Waals surface area (Å²) in [5.74, 6) is -0.0722. The third-order valence-corrected chi connectivity index (χ3v) is 5.41. The number of nitrogens with one attached hydrogen (secondary N) is 1. The Hall–Kier alpha value is -4.27. The predicted molar refractivity (Wildman–Crippen MR) is 120 cm³/mol. The number of benzene rings is 2. The first kappa shape index (κ1) is 20.6. The average molecular weight is 445 g/mol. The average Bonchev–Trinajstić information content (AvgIpc) is 3.41. The minimum Gasteiger partial charge on any atom is -0.442 e. The number of fused-ring (bicyclic) bond motifs is 1. The van der Waals surface area contributed by atoms with Gasteiger partial charge in [-0.1, -0.05) is 30.3 Å². The van der Waals surface area contributed by atoms with Gasteiger partial charge in [0, 0.05) is 24.2 Å². The van der Waals surface area contributed by atoms with Crippen molar-refractivity contribution in [2.75, 3.05) is 18.0 Å². The molecule has 5 rings (SSSR count). The zero-order chi connectivity index (χ0) is 22.9. The molecule has 9 heteroatoms. The van der Waals surface area contributed by atoms with Crippen LogP contribution < -0.4 is 10.2 Å². The maximum atomic E-state index is 15.0. The molecule has 0 unspecified atom stereocenters. The van der Waals surface area contributed by atoms with Gasteiger partial charge in [0.2, 0.25) is 5.91 Å². The number of hydrogen-bond donors (Lipinski definition) is 1. The van der Waals surface area contributed by atoms with Gasteiger partial charge in [0.15, 0.2) is 11.5 Å². The first-order valence-corrected chi connectivity index (χ1v) is 10.4. The van der Waals surface area contributed by atoms with Crippen molar-refractivity contribution in [3.05, 3.63) is 72.7 Å². The van der Waals surface area contributed by atoms with Gasteiger partial charge in [0.1, 0.15) is 11.9 Å². The van der Waals surface area contributed by atoms with E-state index in [1.54, 1.807) is 16.6 Å². The van der Waals surface area contributed by atoms with Crippen LogP contribution in [0.15, 0.2) is 66.9 Å². The molecule has 0 bridgehead atoms. The highest BCUT2D eigenvalue weighted by Gasteiger charge is 2.32. The van der Waals surface area contributed by atoms with E-state index in [4.69, 9.17) is 4.74 Å². The molecule has 0 aliphatic carbocycles. The van der Waals surface area contributed by atoms with Crippen molar-refractivity contribution in [3.63, 3.8) is 0 Å². The maximum Gasteiger partial charge on any atom is 0.414 e. The number of ether oxygens (including phenoxy) is 1. The fourth-order valence-electron chi connectivity index (χ4n) is 3.75. The van der Waals surface area contributed by atoms with Gasteiger partial charge in [0.05, 0.1) is 18.8 Å². The molecular weight excluding hydrogens is 425 g/mol. The lowest BCUT2D eigenvalue weighted by atomic mass is 10.0. The highest BCUT2D eigenvalue weighted by molar-refractivity contribution is 5.90. The summed E-state index contributed by atoms with van der Waals surface area (Å²) in [6.45, 7) is 1.84. The van der Waals surface area contributed by atoms with Crippen LogP contribution in [0.1, 0.15) is 6.92 Å². The molecule has 166 valence electrons. The zero-order valence-electron chi connectivity index (χ0n) is 17.7. The second-order valence-corrected chi connectivity index (χ2v) is 7.73. The lowest BCUT2D eigenvalue weighted by Crippen LogP contribution is -2.33. The second-order valence-electron chi connectivity index (χ2n) is 7.73. The summed E-state index contributed by atoms with van der Waals surface area (Å²) in [4.78, 5) is 29.1. The Morgan fingerprint density at radius 2 is 1.94 bits per heavy atom. The smallest absolute Gasteiger partial charge is 0.414 e. The van der Waals surface area contributed by atoms with E-state index >= 15 is 0 Å². The third kappa shape index (κ3) is 4.12. The number of cyclic esters (lactones) is 1. The van der Waals surface area contributed by atoms with Crippen LogP contribution in [-0.4, -0.2) is 45.8 Å². The molecule has 4 aromatic rings. The summed E-state index contributed by atoms with van der Waals surface area (Å²) in [6.07, 6.45) is 0.779. The first-order chi connectivity index (χ1) is 16.0. The van der Waals surface area contributed by atoms with Crippen molar-refractivity contribution in [1.29, 1.82) is 0 Å². The fraction of sp³-hybridized carbons (Fsp3) is 0.167. The number of halogens is 1. The topological polar surface area (TPSA) is 88.8 Å². The third-order valence-electron chi connectivity index (χ3n) is 5.41. The Balaban J connectivity index is 1.34. The molecule has 8 nitrogen and oxygen atoms in total. The van der Waals surface area contributed by atoms with Gasteiger partial charge >= 0.3 is 6.09 Å². The van der Waals surface area contributed by atoms with Crippen molar-refractivity contribution < 1.29 is 18.7 Å². The molecule has 3 heterocycles. The molecule has 2 amide bonds. The summed E-state index contributed by atoms with van der Waals surface area (Å²) < 4.78 is 21.9. The maximum absolute atomic E-state index is 15.0. The Kier molecular flexibility index (Phi) is 5.21. The van der Waals surface area contributed by atoms with E-state index in [-0.39, 0.29) is 19.0 Å². The summed E-state index contributed by atoms with van der Waals surface area (Å²) in [7, 11) is 0. The molecule has 0 radical (unpaired) electrons. The van der Waals surface area contributed by atoms with Gasteiger partial charge < -0.3 is 10.1 Å². The van der Waals surface area contributed by atoms with E-state index < -0.39 is 18.0 Å². The molecule has 1 atom stereocenters. The molecule has 1 saturated heterocycles. The Labute approximate surface area is 188 Å². The van der Waals surface area contributed by atoms with E-state index in [1.807, 2.05) is 48.7 Å². The molecule has 1 aliphatic heterocycles. The molecule has 33 heavy (non-hydrogen) atoms. The summed E-state index contributed by atoms with van der Waals surface area (Å²) in [6, 6.07) is 17.6. The molecule has 2 aromatic carbocycles. The van der Waals surface area contributed by atoms with Gasteiger partial charge in [-0.05, 0) is 35.9 Å². The van der Waals surface area contributed by atoms with Crippen LogP contribution in [0, 0.1) is 5.82 Å². The summed E-state index contributed by atoms with van der Waals surface area (Å²) in [5.41, 5.74) is 3.08. The SMILES string of the molecule is CC(=O)NC[C@H]1CN(c2ccc(-c3ccc(-c4nc5ccccn5n4)cc3)c(F)c2)C(=O)O1. The molecular formula is C24H20FN5O3. The number of carbonyl (C=O) groups is 2. The van der Waals surface area contributed by atoms with Crippen LogP contribution in [0.2, 0.25) is 0 Å². The van der Waals surface area contributed by atoms with E-state index in [2.05, 4.69) is 15.4 Å². The van der Waals surface area contributed by atoms with E-state index in [1.165, 1.54) is 17.9 Å². The Bertz CT molecular complexity index is 1320. The van der Waals surface area contributed by atoms with Crippen molar-refractivity contribution in [2.24, 2.45) is 0 Å². The normalized spacial score (nSPS) is 15.6. The Morgan fingerprint density at radius 3 is 2.67 bits per heavy atom. The van der Waals surface area contributed by atoms with Gasteiger partial charge in [-0.15, -0.1) is 5.10 Å². The second kappa shape index (κ2) is 8.34. The standard InChI is InChI=1S/C24H20FN5O3/c1-15(31)26-13-19-14-29(24(32)33-19)18-9-10-20(21(25)12-18)16-5-7-17(8-6-16)23-27-22-4-2-3-11-30(22)28-23/h2-12,19H,13-14H2,1H3,(H,26,31)/t19-/m0/s1. The number of hydrogen-bond acceptors (Lipinski definition) is 5. The van der Waals surface area contributed by atoms with Crippen molar-refractivity contribution in [2.45, 2.75) is 13.0 Å². The lowest BCUT2D eigenvalue weighted by molar-refractivity contribution is -0.119. The molecule has 2 aromatic heterocycles. The van der Waals surface area contributed by atoms with Crippen molar-refractivity contribution >= 4 is 23.3 Å². The number of carbonyl (C=O) groups excluding carboxylic acids is 2. The van der Waals surface area contributed by atoms with E-state index in [0.717, 1.165) is 11.2 Å². The number of amides is 2. The molecule has 0 saturated carbocycles. The van der Waals surface area contributed by atoms with Crippen molar-refractivity contribution in [1.82, 2.24) is 19.9 Å². The summed E-state index contributed by atoms with van der Waals surface area (Å²) >= 11 is 0. The van der Waals surface area contributed by atoms with Crippen LogP contribution >= 0.6 is 0 Å². The molecule has 1 fully saturated rings. The van der Waals surface area contributed by atoms with Gasteiger partial charge in [-0.25, -0.2) is 18.7 Å². The predicted octanol–water partition coefficient (Wildman–Crippen LogP) is 3.66. The van der Waals surface area contributed by atoms with Gasteiger partial charge in [-0.3, -0.25) is 9.69 Å². The highest BCUT2D eigenvalue weighted by Crippen LogP contribution is 2.30. The van der Waals surface area contributed by atoms with Crippen LogP contribution in [-0.2, 0) is 9.53 Å². The van der Waals surface area contributed by atoms with Crippen molar-refractivity contribution in [3.8, 4) is 22.5 Å². The van der Waals surface area contributed by atoms with E-state index in [0.29, 0.717) is 22.6 Å². The van der Waals surface area contributed by atoms with Crippen LogP contribution in [0.25, 0.3) is 28.2 Å². The van der Waals surface area contributed by atoms with E-state index in [9.17, 15) is 14.0 Å². The van der Waals surface area contributed by atoms with Crippen LogP contribution in [0.5, 0.6) is 0 Å². The number of rotatable bonds is 5. The molecule has 1 aliphatic rings. The monoisotopic (exact) mass is 445 g/mol. The Morgan fingerprint density at radius 1 is 1.15 bits per heavy atom. The lowest BCUT2D eigenvalue weighted by Gasteiger charge is -2.14. The highest BCUT2D eigenvalue weighted by atomic mass is 19.1. The van der Waals surface area contributed by atoms with Crippen LogP contribution in [0.4, 0.5) is 14.9 Å². The van der Waals surface area contributed by atoms with Crippen LogP contribution in [0.3, 0.4) is 0 Å². The number of aromatic nitrogens is 3. The quantitative estimate of drug-likeness (QED) is 0.507.